The van der Waals surface area contributed by atoms with E-state index in [0.29, 0.717) is 15.9 Å². The average molecular weight is 271 g/mol. The predicted octanol–water partition coefficient (Wildman–Crippen LogP) is 6.74. The Morgan fingerprint density at radius 3 is 1.50 bits per heavy atom. The quantitative estimate of drug-likeness (QED) is 0.496. The Balaban J connectivity index is 4.67. The molecule has 0 saturated carbocycles. The van der Waals surface area contributed by atoms with Gasteiger partial charge in [0.25, 0.3) is 0 Å². The normalized spacial score (nSPS) is 16.8. The molecule has 110 valence electrons. The first-order chi connectivity index (χ1) is 7.63. The van der Waals surface area contributed by atoms with Crippen molar-refractivity contribution in [1.29, 1.82) is 0 Å². The highest BCUT2D eigenvalue weighted by molar-refractivity contribution is 6.81. The molecule has 0 bridgehead atoms. The van der Waals surface area contributed by atoms with Crippen LogP contribution in [0, 0.1) is 10.8 Å². The molecule has 18 heavy (non-hydrogen) atoms. The van der Waals surface area contributed by atoms with E-state index < -0.39 is 8.07 Å². The van der Waals surface area contributed by atoms with Crippen molar-refractivity contribution in [3.8, 4) is 0 Å². The van der Waals surface area contributed by atoms with Gasteiger partial charge >= 0.3 is 0 Å². The Labute approximate surface area is 118 Å². The van der Waals surface area contributed by atoms with Crippen molar-refractivity contribution in [2.45, 2.75) is 98.8 Å². The van der Waals surface area contributed by atoms with Crippen molar-refractivity contribution in [3.05, 3.63) is 0 Å². The van der Waals surface area contributed by atoms with Crippen molar-refractivity contribution in [2.75, 3.05) is 0 Å². The first-order valence-corrected chi connectivity index (χ1v) is 10.7. The molecule has 0 aromatic carbocycles. The Hall–Kier alpha value is 0.217. The van der Waals surface area contributed by atoms with Crippen LogP contribution in [0.15, 0.2) is 0 Å². The smallest absolute Gasteiger partial charge is 0.0556 e. The lowest BCUT2D eigenvalue weighted by atomic mass is 9.67. The molecule has 0 amide bonds. The number of hydrogen-bond acceptors (Lipinski definition) is 0. The summed E-state index contributed by atoms with van der Waals surface area (Å²) >= 11 is 0. The lowest BCUT2D eigenvalue weighted by Crippen LogP contribution is -2.42. The molecule has 0 aliphatic rings. The van der Waals surface area contributed by atoms with Gasteiger partial charge in [-0.3, -0.25) is 0 Å². The van der Waals surface area contributed by atoms with Gasteiger partial charge in [0.1, 0.15) is 0 Å². The third-order valence-electron chi connectivity index (χ3n) is 6.40. The first kappa shape index (κ1) is 18.2. The molecular formula is C17H38Si. The molecular weight excluding hydrogens is 232 g/mol. The molecule has 0 nitrogen and oxygen atoms in total. The lowest BCUT2D eigenvalue weighted by molar-refractivity contribution is 0.116. The summed E-state index contributed by atoms with van der Waals surface area (Å²) in [6, 6.07) is 0. The molecule has 0 N–H and O–H groups in total. The summed E-state index contributed by atoms with van der Waals surface area (Å²) in [5.41, 5.74) is 1.74. The van der Waals surface area contributed by atoms with Crippen LogP contribution in [0.3, 0.4) is 0 Å². The van der Waals surface area contributed by atoms with Crippen LogP contribution in [0.2, 0.25) is 23.7 Å². The zero-order valence-electron chi connectivity index (χ0n) is 15.0. The zero-order chi connectivity index (χ0) is 15.0. The van der Waals surface area contributed by atoms with Crippen LogP contribution in [0.4, 0.5) is 0 Å². The van der Waals surface area contributed by atoms with Gasteiger partial charge < -0.3 is 0 Å². The highest BCUT2D eigenvalue weighted by atomic mass is 28.3. The molecule has 0 aromatic heterocycles. The second-order valence-corrected chi connectivity index (χ2v) is 15.5. The molecule has 0 spiro atoms. The summed E-state index contributed by atoms with van der Waals surface area (Å²) in [6.45, 7) is 27.0. The standard InChI is InChI=1S/C17H38Si/c1-14(18(10,11)16(5,6)7)12-13-17(8,9)15(2,3)4/h14H,12-13H2,1-11H3. The maximum absolute atomic E-state index is 2.57. The summed E-state index contributed by atoms with van der Waals surface area (Å²) in [7, 11) is -1.17. The van der Waals surface area contributed by atoms with Crippen LogP contribution in [0.25, 0.3) is 0 Å². The van der Waals surface area contributed by atoms with Gasteiger partial charge in [0, 0.05) is 0 Å². The van der Waals surface area contributed by atoms with Crippen LogP contribution in [0.1, 0.15) is 75.2 Å². The van der Waals surface area contributed by atoms with Gasteiger partial charge in [0.05, 0.1) is 8.07 Å². The highest BCUT2D eigenvalue weighted by Crippen LogP contribution is 2.48. The summed E-state index contributed by atoms with van der Waals surface area (Å²) < 4.78 is 0. The van der Waals surface area contributed by atoms with E-state index in [4.69, 9.17) is 0 Å². The predicted molar refractivity (Wildman–Crippen MR) is 89.1 cm³/mol. The van der Waals surface area contributed by atoms with Gasteiger partial charge in [-0.1, -0.05) is 81.8 Å². The van der Waals surface area contributed by atoms with Gasteiger partial charge in [0.15, 0.2) is 0 Å². The lowest BCUT2D eigenvalue weighted by Gasteiger charge is -2.45. The fourth-order valence-corrected chi connectivity index (χ4v) is 4.40. The monoisotopic (exact) mass is 270 g/mol. The van der Waals surface area contributed by atoms with Crippen LogP contribution in [-0.2, 0) is 0 Å². The van der Waals surface area contributed by atoms with Crippen LogP contribution < -0.4 is 0 Å². The summed E-state index contributed by atoms with van der Waals surface area (Å²) in [5.74, 6) is 0. The summed E-state index contributed by atoms with van der Waals surface area (Å²) in [4.78, 5) is 0. The Bertz CT molecular complexity index is 260. The number of rotatable bonds is 4. The Morgan fingerprint density at radius 1 is 0.833 bits per heavy atom. The highest BCUT2D eigenvalue weighted by Gasteiger charge is 2.41. The molecule has 0 radical (unpaired) electrons. The molecule has 0 rings (SSSR count). The van der Waals surface area contributed by atoms with Crippen LogP contribution >= 0.6 is 0 Å². The van der Waals surface area contributed by atoms with Gasteiger partial charge in [-0.25, -0.2) is 0 Å². The number of hydrogen-bond donors (Lipinski definition) is 0. The second kappa shape index (κ2) is 5.30. The van der Waals surface area contributed by atoms with Gasteiger partial charge in [-0.15, -0.1) is 0 Å². The molecule has 0 fully saturated rings. The molecule has 0 heterocycles. The molecule has 1 heteroatoms. The summed E-state index contributed by atoms with van der Waals surface area (Å²) in [6.07, 6.45) is 2.74. The molecule has 1 atom stereocenters. The molecule has 0 aromatic rings. The minimum absolute atomic E-state index is 0.403. The minimum Gasteiger partial charge on any atom is -0.0688 e. The third-order valence-corrected chi connectivity index (χ3v) is 13.0. The molecule has 0 aliphatic heterocycles. The van der Waals surface area contributed by atoms with Crippen molar-refractivity contribution in [2.24, 2.45) is 10.8 Å². The average Bonchev–Trinajstić information content (AvgIpc) is 2.10. The summed E-state index contributed by atoms with van der Waals surface area (Å²) in [5, 5.41) is 0.512. The van der Waals surface area contributed by atoms with E-state index in [1.165, 1.54) is 12.8 Å². The van der Waals surface area contributed by atoms with E-state index in [1.807, 2.05) is 0 Å². The van der Waals surface area contributed by atoms with Crippen molar-refractivity contribution >= 4 is 8.07 Å². The Kier molecular flexibility index (Phi) is 5.37. The van der Waals surface area contributed by atoms with E-state index in [-0.39, 0.29) is 0 Å². The largest absolute Gasteiger partial charge is 0.0688 e. The topological polar surface area (TPSA) is 0 Å². The maximum atomic E-state index is 2.57. The fraction of sp³-hybridized carbons (Fsp3) is 1.00. The van der Waals surface area contributed by atoms with E-state index in [0.717, 1.165) is 5.54 Å². The molecule has 1 unspecified atom stereocenters. The van der Waals surface area contributed by atoms with Gasteiger partial charge in [-0.05, 0) is 27.8 Å². The van der Waals surface area contributed by atoms with E-state index in [2.05, 4.69) is 75.4 Å². The minimum atomic E-state index is -1.17. The van der Waals surface area contributed by atoms with Crippen molar-refractivity contribution < 1.29 is 0 Å². The third kappa shape index (κ3) is 4.11. The Morgan fingerprint density at radius 2 is 1.22 bits per heavy atom. The molecule has 0 aliphatic carbocycles. The van der Waals surface area contributed by atoms with Gasteiger partial charge in [0.2, 0.25) is 0 Å². The fourth-order valence-electron chi connectivity index (χ4n) is 2.05. The second-order valence-electron chi connectivity index (χ2n) is 9.55. The van der Waals surface area contributed by atoms with Gasteiger partial charge in [-0.2, -0.15) is 0 Å². The zero-order valence-corrected chi connectivity index (χ0v) is 16.0. The van der Waals surface area contributed by atoms with E-state index >= 15 is 0 Å². The van der Waals surface area contributed by atoms with Crippen LogP contribution in [0.5, 0.6) is 0 Å². The molecule has 0 saturated heterocycles. The van der Waals surface area contributed by atoms with E-state index in [1.54, 1.807) is 0 Å². The van der Waals surface area contributed by atoms with Crippen molar-refractivity contribution in [3.63, 3.8) is 0 Å². The van der Waals surface area contributed by atoms with E-state index in [9.17, 15) is 0 Å². The van der Waals surface area contributed by atoms with Crippen molar-refractivity contribution in [1.82, 2.24) is 0 Å². The maximum Gasteiger partial charge on any atom is 0.0556 e. The first-order valence-electron chi connectivity index (χ1n) is 7.63. The SMILES string of the molecule is CC(CCC(C)(C)C(C)(C)C)[Si](C)(C)C(C)(C)C. The van der Waals surface area contributed by atoms with Crippen LogP contribution in [-0.4, -0.2) is 8.07 Å².